The van der Waals surface area contributed by atoms with E-state index in [0.29, 0.717) is 0 Å². The molecule has 0 unspecified atom stereocenters. The molecule has 0 amide bonds. The molecule has 0 heterocycles. The second-order valence-corrected chi connectivity index (χ2v) is 4.92. The molecule has 0 aliphatic rings. The number of ether oxygens (including phenoxy) is 2. The first-order valence-electron chi connectivity index (χ1n) is 6.70. The van der Waals surface area contributed by atoms with E-state index in [-0.39, 0.29) is 0 Å². The summed E-state index contributed by atoms with van der Waals surface area (Å²) in [6, 6.07) is 0. The van der Waals surface area contributed by atoms with Crippen LogP contribution < -0.4 is 0 Å². The first-order chi connectivity index (χ1) is 13.0. The summed E-state index contributed by atoms with van der Waals surface area (Å²) in [5, 5.41) is 8.65. The van der Waals surface area contributed by atoms with Crippen molar-refractivity contribution in [3.8, 4) is 0 Å². The maximum absolute atomic E-state index is 13.3. The Hall–Kier alpha value is -2.65. The Kier molecular flexibility index (Phi) is 6.73. The topological polar surface area (TPSA) is 72.8 Å². The molecule has 0 atom stereocenters. The highest BCUT2D eigenvalue weighted by molar-refractivity contribution is 5.90. The zero-order valence-corrected chi connectivity index (χ0v) is 13.2. The van der Waals surface area contributed by atoms with Crippen LogP contribution in [0.25, 0.3) is 0 Å². The van der Waals surface area contributed by atoms with Crippen molar-refractivity contribution in [2.45, 2.75) is 18.0 Å². The molecule has 0 radical (unpaired) electrons. The second kappa shape index (κ2) is 8.00. The lowest BCUT2D eigenvalue weighted by molar-refractivity contribution is -0.357. The molecule has 1 aromatic rings. The minimum absolute atomic E-state index is 1.48. The normalized spacial score (nSPS) is 12.7. The number of halogens is 11. The number of carbonyl (C=O) groups excluding carboxylic acids is 2. The van der Waals surface area contributed by atoms with Gasteiger partial charge in [0.05, 0.1) is 0 Å². The SMILES string of the molecule is O=C(OCCOC(=O)C(O)(C(F)(F)F)C(F)(F)F)c1c(F)c(F)c(F)c(F)c1F. The number of benzene rings is 1. The lowest BCUT2D eigenvalue weighted by Crippen LogP contribution is -2.63. The fourth-order valence-electron chi connectivity index (χ4n) is 1.62. The standard InChI is InChI=1S/C13H5F11O5/c14-4-3(5(15)7(17)8(18)6(4)16)9(25)28-1-2-29-10(26)11(27,12(19,20)21)13(22,23)24/h27H,1-2H2. The molecule has 0 aliphatic carbocycles. The molecule has 0 spiro atoms. The van der Waals surface area contributed by atoms with Crippen LogP contribution in [0.2, 0.25) is 0 Å². The smallest absolute Gasteiger partial charge is 0.437 e. The quantitative estimate of drug-likeness (QED) is 0.246. The average molecular weight is 450 g/mol. The number of rotatable bonds is 5. The highest BCUT2D eigenvalue weighted by atomic mass is 19.4. The maximum atomic E-state index is 13.3. The molecule has 1 rings (SSSR count). The Balaban J connectivity index is 2.86. The van der Waals surface area contributed by atoms with Crippen molar-refractivity contribution in [3.05, 3.63) is 34.6 Å². The molecule has 1 aromatic carbocycles. The molecule has 29 heavy (non-hydrogen) atoms. The van der Waals surface area contributed by atoms with Gasteiger partial charge in [0.2, 0.25) is 5.82 Å². The number of hydrogen-bond donors (Lipinski definition) is 1. The van der Waals surface area contributed by atoms with Crippen molar-refractivity contribution in [1.29, 1.82) is 0 Å². The number of alkyl halides is 6. The van der Waals surface area contributed by atoms with Crippen LogP contribution in [0.5, 0.6) is 0 Å². The monoisotopic (exact) mass is 450 g/mol. The molecule has 5 nitrogen and oxygen atoms in total. The predicted octanol–water partition coefficient (Wildman–Crippen LogP) is 2.94. The minimum atomic E-state index is -6.56. The van der Waals surface area contributed by atoms with Crippen LogP contribution in [-0.4, -0.2) is 48.2 Å². The van der Waals surface area contributed by atoms with Crippen LogP contribution in [-0.2, 0) is 14.3 Å². The van der Waals surface area contributed by atoms with Crippen LogP contribution in [0, 0.1) is 29.1 Å². The van der Waals surface area contributed by atoms with Gasteiger partial charge in [-0.25, -0.2) is 31.5 Å². The predicted molar refractivity (Wildman–Crippen MR) is 64.5 cm³/mol. The van der Waals surface area contributed by atoms with Gasteiger partial charge in [0.1, 0.15) is 18.8 Å². The fourth-order valence-corrected chi connectivity index (χ4v) is 1.62. The average Bonchev–Trinajstić information content (AvgIpc) is 2.59. The van der Waals surface area contributed by atoms with Crippen LogP contribution in [0.4, 0.5) is 48.3 Å². The van der Waals surface area contributed by atoms with E-state index in [0.717, 1.165) is 0 Å². The van der Waals surface area contributed by atoms with E-state index < -0.39 is 77.8 Å². The first kappa shape index (κ1) is 24.4. The van der Waals surface area contributed by atoms with Crippen molar-refractivity contribution < 1.29 is 72.5 Å². The van der Waals surface area contributed by atoms with Crippen molar-refractivity contribution in [1.82, 2.24) is 0 Å². The minimum Gasteiger partial charge on any atom is -0.459 e. The first-order valence-corrected chi connectivity index (χ1v) is 6.70. The van der Waals surface area contributed by atoms with Gasteiger partial charge in [-0.15, -0.1) is 0 Å². The molecular weight excluding hydrogens is 445 g/mol. The molecular formula is C13H5F11O5. The molecule has 164 valence electrons. The highest BCUT2D eigenvalue weighted by Crippen LogP contribution is 2.43. The van der Waals surface area contributed by atoms with E-state index in [4.69, 9.17) is 5.11 Å². The Labute approximate surface area is 151 Å². The van der Waals surface area contributed by atoms with Gasteiger partial charge in [0.15, 0.2) is 23.3 Å². The lowest BCUT2D eigenvalue weighted by Gasteiger charge is -2.29. The lowest BCUT2D eigenvalue weighted by atomic mass is 10.0. The van der Waals surface area contributed by atoms with Crippen LogP contribution >= 0.6 is 0 Å². The molecule has 0 saturated heterocycles. The van der Waals surface area contributed by atoms with Crippen molar-refractivity contribution in [2.75, 3.05) is 13.2 Å². The molecule has 1 N–H and O–H groups in total. The van der Waals surface area contributed by atoms with Gasteiger partial charge in [0.25, 0.3) is 0 Å². The number of carbonyl (C=O) groups is 2. The van der Waals surface area contributed by atoms with Gasteiger partial charge in [-0.1, -0.05) is 0 Å². The van der Waals surface area contributed by atoms with E-state index in [1.165, 1.54) is 0 Å². The van der Waals surface area contributed by atoms with E-state index in [1.807, 2.05) is 0 Å². The summed E-state index contributed by atoms with van der Waals surface area (Å²) in [4.78, 5) is 22.3. The highest BCUT2D eigenvalue weighted by Gasteiger charge is 2.76. The van der Waals surface area contributed by atoms with Crippen molar-refractivity contribution >= 4 is 11.9 Å². The van der Waals surface area contributed by atoms with Gasteiger partial charge >= 0.3 is 29.9 Å². The van der Waals surface area contributed by atoms with Gasteiger partial charge in [-0.2, -0.15) is 26.3 Å². The third-order valence-electron chi connectivity index (χ3n) is 3.08. The van der Waals surface area contributed by atoms with Crippen molar-refractivity contribution in [2.24, 2.45) is 0 Å². The summed E-state index contributed by atoms with van der Waals surface area (Å²) in [5.41, 5.74) is -8.05. The Morgan fingerprint density at radius 3 is 1.41 bits per heavy atom. The maximum Gasteiger partial charge on any atom is 0.437 e. The van der Waals surface area contributed by atoms with E-state index >= 15 is 0 Å². The summed E-state index contributed by atoms with van der Waals surface area (Å²) in [7, 11) is 0. The van der Waals surface area contributed by atoms with E-state index in [2.05, 4.69) is 9.47 Å². The van der Waals surface area contributed by atoms with Gasteiger partial charge in [-0.3, -0.25) is 0 Å². The fraction of sp³-hybridized carbons (Fsp3) is 0.385. The van der Waals surface area contributed by atoms with Gasteiger partial charge in [-0.05, 0) is 0 Å². The van der Waals surface area contributed by atoms with Crippen LogP contribution in [0.15, 0.2) is 0 Å². The molecule has 0 aromatic heterocycles. The number of hydrogen-bond acceptors (Lipinski definition) is 5. The third kappa shape index (κ3) is 4.35. The second-order valence-electron chi connectivity index (χ2n) is 4.92. The largest absolute Gasteiger partial charge is 0.459 e. The zero-order chi connectivity index (χ0) is 22.9. The summed E-state index contributed by atoms with van der Waals surface area (Å²) in [6.07, 6.45) is -13.1. The number of aliphatic hydroxyl groups is 1. The molecule has 0 aliphatic heterocycles. The Morgan fingerprint density at radius 2 is 1.03 bits per heavy atom. The summed E-state index contributed by atoms with van der Waals surface area (Å²) >= 11 is 0. The van der Waals surface area contributed by atoms with Gasteiger partial charge < -0.3 is 14.6 Å². The zero-order valence-electron chi connectivity index (χ0n) is 13.2. The summed E-state index contributed by atoms with van der Waals surface area (Å²) < 4.78 is 147. The van der Waals surface area contributed by atoms with Crippen LogP contribution in [0.1, 0.15) is 10.4 Å². The van der Waals surface area contributed by atoms with Crippen LogP contribution in [0.3, 0.4) is 0 Å². The molecule has 16 heteroatoms. The van der Waals surface area contributed by atoms with E-state index in [1.54, 1.807) is 0 Å². The van der Waals surface area contributed by atoms with E-state index in [9.17, 15) is 57.9 Å². The number of esters is 2. The molecule has 0 saturated carbocycles. The summed E-state index contributed by atoms with van der Waals surface area (Å²) in [5.74, 6) is -18.5. The van der Waals surface area contributed by atoms with Gasteiger partial charge in [0, 0.05) is 0 Å². The Bertz CT molecular complexity index is 772. The Morgan fingerprint density at radius 1 is 0.690 bits per heavy atom. The summed E-state index contributed by atoms with van der Waals surface area (Å²) in [6.45, 7) is -3.09. The third-order valence-corrected chi connectivity index (χ3v) is 3.08. The van der Waals surface area contributed by atoms with Crippen molar-refractivity contribution in [3.63, 3.8) is 0 Å². The molecule has 0 fully saturated rings. The molecule has 0 bridgehead atoms.